The minimum atomic E-state index is -0.373. The summed E-state index contributed by atoms with van der Waals surface area (Å²) in [6.07, 6.45) is 1.22. The zero-order valence-corrected chi connectivity index (χ0v) is 11.9. The van der Waals surface area contributed by atoms with E-state index in [-0.39, 0.29) is 23.6 Å². The van der Waals surface area contributed by atoms with Crippen LogP contribution >= 0.6 is 11.6 Å². The standard InChI is InChI=1S/C12H17ClN4O2/c1-7(2)9-6-19-12(18)17(9)10-4-5-14-11(16-10)15-8(3)13/h4-5,7-9H,6H2,1-3H3,(H,14,15,16)/t8?,9-/m1/s1. The van der Waals surface area contributed by atoms with Crippen molar-refractivity contribution in [1.82, 2.24) is 9.97 Å². The number of hydrogen-bond donors (Lipinski definition) is 1. The zero-order valence-electron chi connectivity index (χ0n) is 11.1. The smallest absolute Gasteiger partial charge is 0.415 e. The molecular formula is C12H17ClN4O2. The molecule has 0 radical (unpaired) electrons. The number of halogens is 1. The van der Waals surface area contributed by atoms with E-state index in [4.69, 9.17) is 16.3 Å². The molecule has 2 heterocycles. The van der Waals surface area contributed by atoms with Crippen LogP contribution in [0.1, 0.15) is 20.8 Å². The van der Waals surface area contributed by atoms with Gasteiger partial charge in [0, 0.05) is 6.20 Å². The Hall–Kier alpha value is -1.56. The van der Waals surface area contributed by atoms with Gasteiger partial charge in [0.15, 0.2) is 0 Å². The van der Waals surface area contributed by atoms with Crippen LogP contribution in [0, 0.1) is 5.92 Å². The van der Waals surface area contributed by atoms with Crippen LogP contribution in [0.2, 0.25) is 0 Å². The monoisotopic (exact) mass is 284 g/mol. The number of cyclic esters (lactones) is 1. The minimum absolute atomic E-state index is 0.0105. The van der Waals surface area contributed by atoms with Gasteiger partial charge in [0.1, 0.15) is 17.9 Å². The first-order chi connectivity index (χ1) is 8.99. The van der Waals surface area contributed by atoms with Gasteiger partial charge in [-0.15, -0.1) is 0 Å². The maximum Gasteiger partial charge on any atom is 0.415 e. The number of anilines is 2. The summed E-state index contributed by atoms with van der Waals surface area (Å²) in [7, 11) is 0. The van der Waals surface area contributed by atoms with Gasteiger partial charge in [0.05, 0.1) is 6.04 Å². The topological polar surface area (TPSA) is 67.4 Å². The number of amides is 1. The molecule has 7 heteroatoms. The molecule has 0 aromatic carbocycles. The van der Waals surface area contributed by atoms with Crippen LogP contribution in [-0.2, 0) is 4.74 Å². The van der Waals surface area contributed by atoms with Crippen molar-refractivity contribution in [1.29, 1.82) is 0 Å². The van der Waals surface area contributed by atoms with Crippen molar-refractivity contribution in [3.05, 3.63) is 12.3 Å². The van der Waals surface area contributed by atoms with Gasteiger partial charge in [-0.2, -0.15) is 4.98 Å². The Kier molecular flexibility index (Phi) is 4.09. The quantitative estimate of drug-likeness (QED) is 0.679. The first-order valence-electron chi connectivity index (χ1n) is 6.18. The van der Waals surface area contributed by atoms with Crippen molar-refractivity contribution in [2.75, 3.05) is 16.8 Å². The highest BCUT2D eigenvalue weighted by molar-refractivity contribution is 6.21. The molecule has 0 saturated carbocycles. The van der Waals surface area contributed by atoms with E-state index in [0.29, 0.717) is 18.4 Å². The van der Waals surface area contributed by atoms with Gasteiger partial charge in [-0.3, -0.25) is 4.90 Å². The predicted octanol–water partition coefficient (Wildman–Crippen LogP) is 2.45. The molecule has 1 aromatic heterocycles. The van der Waals surface area contributed by atoms with Crippen molar-refractivity contribution in [3.63, 3.8) is 0 Å². The third-order valence-corrected chi connectivity index (χ3v) is 3.00. The van der Waals surface area contributed by atoms with E-state index in [0.717, 1.165) is 0 Å². The lowest BCUT2D eigenvalue weighted by Gasteiger charge is -2.23. The number of carbonyl (C=O) groups is 1. The average molecular weight is 285 g/mol. The van der Waals surface area contributed by atoms with Gasteiger partial charge in [-0.1, -0.05) is 25.4 Å². The molecule has 1 aliphatic heterocycles. The Morgan fingerprint density at radius 3 is 2.89 bits per heavy atom. The van der Waals surface area contributed by atoms with Crippen molar-refractivity contribution in [2.45, 2.75) is 32.3 Å². The molecule has 1 saturated heterocycles. The Labute approximate surface area is 117 Å². The molecule has 1 N–H and O–H groups in total. The maximum atomic E-state index is 11.8. The molecule has 0 aliphatic carbocycles. The fourth-order valence-corrected chi connectivity index (χ4v) is 2.02. The first-order valence-corrected chi connectivity index (χ1v) is 6.62. The lowest BCUT2D eigenvalue weighted by molar-refractivity contribution is 0.177. The molecule has 104 valence electrons. The molecule has 6 nitrogen and oxygen atoms in total. The van der Waals surface area contributed by atoms with Crippen LogP contribution < -0.4 is 10.2 Å². The highest BCUT2D eigenvalue weighted by Gasteiger charge is 2.37. The van der Waals surface area contributed by atoms with Crippen LogP contribution in [0.25, 0.3) is 0 Å². The molecule has 1 fully saturated rings. The molecule has 0 spiro atoms. The van der Waals surface area contributed by atoms with Crippen LogP contribution in [0.5, 0.6) is 0 Å². The van der Waals surface area contributed by atoms with Crippen molar-refractivity contribution in [3.8, 4) is 0 Å². The molecule has 19 heavy (non-hydrogen) atoms. The highest BCUT2D eigenvalue weighted by atomic mass is 35.5. The van der Waals surface area contributed by atoms with Crippen LogP contribution in [0.15, 0.2) is 12.3 Å². The molecule has 1 aliphatic rings. The van der Waals surface area contributed by atoms with Crippen molar-refractivity contribution in [2.24, 2.45) is 5.92 Å². The van der Waals surface area contributed by atoms with Crippen LogP contribution in [0.3, 0.4) is 0 Å². The highest BCUT2D eigenvalue weighted by Crippen LogP contribution is 2.25. The number of aromatic nitrogens is 2. The molecule has 1 amide bonds. The summed E-state index contributed by atoms with van der Waals surface area (Å²) < 4.78 is 5.09. The summed E-state index contributed by atoms with van der Waals surface area (Å²) in [4.78, 5) is 21.7. The fraction of sp³-hybridized carbons (Fsp3) is 0.583. The SMILES string of the molecule is CC(Cl)Nc1nccc(N2C(=O)OC[C@@H]2C(C)C)n1. The number of nitrogens with one attached hydrogen (secondary N) is 1. The normalized spacial score (nSPS) is 20.6. The molecule has 2 rings (SSSR count). The summed E-state index contributed by atoms with van der Waals surface area (Å²) in [5, 5.41) is 2.89. The second kappa shape index (κ2) is 5.61. The first kappa shape index (κ1) is 13.9. The predicted molar refractivity (Wildman–Crippen MR) is 73.4 cm³/mol. The van der Waals surface area contributed by atoms with Gasteiger partial charge >= 0.3 is 6.09 Å². The largest absolute Gasteiger partial charge is 0.447 e. The van der Waals surface area contributed by atoms with E-state index in [9.17, 15) is 4.79 Å². The lowest BCUT2D eigenvalue weighted by Crippen LogP contribution is -2.37. The van der Waals surface area contributed by atoms with Gasteiger partial charge in [0.25, 0.3) is 0 Å². The Balaban J connectivity index is 2.26. The van der Waals surface area contributed by atoms with Gasteiger partial charge < -0.3 is 10.1 Å². The fourth-order valence-electron chi connectivity index (χ4n) is 1.92. The number of rotatable bonds is 4. The molecule has 2 atom stereocenters. The number of nitrogens with zero attached hydrogens (tertiary/aromatic N) is 3. The third kappa shape index (κ3) is 3.07. The summed E-state index contributed by atoms with van der Waals surface area (Å²) in [5.41, 5.74) is -0.290. The summed E-state index contributed by atoms with van der Waals surface area (Å²) in [6.45, 7) is 6.25. The number of carbonyl (C=O) groups excluding carboxylic acids is 1. The Morgan fingerprint density at radius 2 is 2.26 bits per heavy atom. The lowest BCUT2D eigenvalue weighted by atomic mass is 10.0. The summed E-state index contributed by atoms with van der Waals surface area (Å²) in [6, 6.07) is 1.68. The van der Waals surface area contributed by atoms with E-state index in [2.05, 4.69) is 15.3 Å². The zero-order chi connectivity index (χ0) is 14.0. The molecule has 1 aromatic rings. The molecule has 0 bridgehead atoms. The van der Waals surface area contributed by atoms with E-state index < -0.39 is 0 Å². The van der Waals surface area contributed by atoms with Gasteiger partial charge in [-0.25, -0.2) is 9.78 Å². The van der Waals surface area contributed by atoms with Gasteiger partial charge in [0.2, 0.25) is 5.95 Å². The van der Waals surface area contributed by atoms with E-state index >= 15 is 0 Å². The number of ether oxygens (including phenoxy) is 1. The molecular weight excluding hydrogens is 268 g/mol. The number of alkyl halides is 1. The van der Waals surface area contributed by atoms with E-state index in [1.165, 1.54) is 0 Å². The van der Waals surface area contributed by atoms with E-state index in [1.807, 2.05) is 13.8 Å². The second-order valence-corrected chi connectivity index (χ2v) is 5.41. The third-order valence-electron chi connectivity index (χ3n) is 2.89. The molecule has 1 unspecified atom stereocenters. The van der Waals surface area contributed by atoms with Crippen molar-refractivity contribution < 1.29 is 9.53 Å². The van der Waals surface area contributed by atoms with E-state index in [1.54, 1.807) is 24.1 Å². The Morgan fingerprint density at radius 1 is 1.53 bits per heavy atom. The number of hydrogen-bond acceptors (Lipinski definition) is 5. The van der Waals surface area contributed by atoms with Gasteiger partial charge in [-0.05, 0) is 18.9 Å². The summed E-state index contributed by atoms with van der Waals surface area (Å²) >= 11 is 5.84. The average Bonchev–Trinajstić information content (AvgIpc) is 2.70. The van der Waals surface area contributed by atoms with Crippen molar-refractivity contribution >= 4 is 29.5 Å². The second-order valence-electron chi connectivity index (χ2n) is 4.76. The minimum Gasteiger partial charge on any atom is -0.447 e. The summed E-state index contributed by atoms with van der Waals surface area (Å²) in [5.74, 6) is 1.20. The Bertz CT molecular complexity index is 467. The maximum absolute atomic E-state index is 11.8. The van der Waals surface area contributed by atoms with Crippen LogP contribution in [-0.4, -0.2) is 34.2 Å². The van der Waals surface area contributed by atoms with Crippen LogP contribution in [0.4, 0.5) is 16.6 Å².